The Kier molecular flexibility index (Phi) is 6.17. The number of carbonyl (C=O) groups is 2. The Hall–Kier alpha value is -3.19. The maximum Gasteiger partial charge on any atom is 0.251 e. The molecule has 2 N–H and O–H groups in total. The second kappa shape index (κ2) is 8.95. The maximum absolute atomic E-state index is 11.9. The minimum absolute atomic E-state index is 0.117. The van der Waals surface area contributed by atoms with Gasteiger partial charge < -0.3 is 15.2 Å². The number of hydrogen-bond donors (Lipinski definition) is 2. The lowest BCUT2D eigenvalue weighted by Gasteiger charge is -2.05. The number of halogens is 1. The average Bonchev–Trinajstić information content (AvgIpc) is 3.16. The van der Waals surface area contributed by atoms with E-state index in [1.807, 2.05) is 6.07 Å². The molecule has 0 aliphatic carbocycles. The van der Waals surface area contributed by atoms with Crippen LogP contribution in [0.4, 0.5) is 0 Å². The van der Waals surface area contributed by atoms with E-state index in [2.05, 4.69) is 20.8 Å². The zero-order valence-electron chi connectivity index (χ0n) is 14.3. The van der Waals surface area contributed by atoms with E-state index in [0.29, 0.717) is 22.3 Å². The van der Waals surface area contributed by atoms with Gasteiger partial charge in [-0.2, -0.15) is 4.98 Å². The van der Waals surface area contributed by atoms with E-state index in [-0.39, 0.29) is 31.3 Å². The molecule has 1 heterocycles. The highest BCUT2D eigenvalue weighted by Crippen LogP contribution is 2.18. The van der Waals surface area contributed by atoms with Crippen molar-refractivity contribution in [3.63, 3.8) is 0 Å². The molecule has 0 saturated carbocycles. The predicted octanol–water partition coefficient (Wildman–Crippen LogP) is 2.83. The Morgan fingerprint density at radius 2 is 1.74 bits per heavy atom. The third-order valence-corrected chi connectivity index (χ3v) is 3.93. The molecule has 27 heavy (non-hydrogen) atoms. The van der Waals surface area contributed by atoms with Crippen LogP contribution in [0.15, 0.2) is 59.1 Å². The number of benzene rings is 2. The van der Waals surface area contributed by atoms with Crippen LogP contribution in [0.5, 0.6) is 0 Å². The van der Waals surface area contributed by atoms with Crippen molar-refractivity contribution in [2.75, 3.05) is 6.54 Å². The van der Waals surface area contributed by atoms with E-state index < -0.39 is 0 Å². The normalized spacial score (nSPS) is 10.4. The molecule has 0 unspecified atom stereocenters. The van der Waals surface area contributed by atoms with Gasteiger partial charge in [-0.3, -0.25) is 9.59 Å². The van der Waals surface area contributed by atoms with Crippen molar-refractivity contribution in [1.29, 1.82) is 0 Å². The summed E-state index contributed by atoms with van der Waals surface area (Å²) in [6.45, 7) is 0.353. The van der Waals surface area contributed by atoms with Crippen molar-refractivity contribution in [2.45, 2.75) is 13.0 Å². The first-order valence-electron chi connectivity index (χ1n) is 8.30. The Morgan fingerprint density at radius 1 is 1.00 bits per heavy atom. The number of hydrogen-bond acceptors (Lipinski definition) is 5. The Bertz CT molecular complexity index is 910. The number of rotatable bonds is 7. The van der Waals surface area contributed by atoms with Crippen LogP contribution in [-0.4, -0.2) is 28.5 Å². The van der Waals surface area contributed by atoms with E-state index >= 15 is 0 Å². The van der Waals surface area contributed by atoms with Crippen LogP contribution in [0.1, 0.15) is 22.7 Å². The van der Waals surface area contributed by atoms with Gasteiger partial charge in [-0.25, -0.2) is 0 Å². The van der Waals surface area contributed by atoms with Gasteiger partial charge >= 0.3 is 0 Å². The summed E-state index contributed by atoms with van der Waals surface area (Å²) in [5.41, 5.74) is 1.32. The Morgan fingerprint density at radius 3 is 2.48 bits per heavy atom. The second-order valence-electron chi connectivity index (χ2n) is 5.67. The van der Waals surface area contributed by atoms with Crippen LogP contribution in [0, 0.1) is 0 Å². The Balaban J connectivity index is 1.42. The third kappa shape index (κ3) is 5.39. The summed E-state index contributed by atoms with van der Waals surface area (Å²) in [7, 11) is 0. The van der Waals surface area contributed by atoms with Crippen molar-refractivity contribution in [3.05, 3.63) is 71.1 Å². The Labute approximate surface area is 160 Å². The van der Waals surface area contributed by atoms with Gasteiger partial charge in [0.05, 0.1) is 6.54 Å². The van der Waals surface area contributed by atoms with E-state index in [1.54, 1.807) is 48.5 Å². The van der Waals surface area contributed by atoms with Gasteiger partial charge in [0.1, 0.15) is 0 Å². The van der Waals surface area contributed by atoms with Crippen molar-refractivity contribution in [2.24, 2.45) is 0 Å². The highest BCUT2D eigenvalue weighted by Gasteiger charge is 2.10. The first-order chi connectivity index (χ1) is 13.1. The summed E-state index contributed by atoms with van der Waals surface area (Å²) in [5, 5.41) is 9.87. The van der Waals surface area contributed by atoms with Crippen LogP contribution >= 0.6 is 11.6 Å². The molecule has 8 heteroatoms. The molecule has 0 bridgehead atoms. The largest absolute Gasteiger partial charge is 0.352 e. The summed E-state index contributed by atoms with van der Waals surface area (Å²) in [6, 6.07) is 15.9. The average molecular weight is 385 g/mol. The molecule has 2 aromatic carbocycles. The fourth-order valence-corrected chi connectivity index (χ4v) is 2.41. The molecule has 7 nitrogen and oxygen atoms in total. The highest BCUT2D eigenvalue weighted by atomic mass is 35.5. The van der Waals surface area contributed by atoms with Gasteiger partial charge in [0, 0.05) is 29.1 Å². The maximum atomic E-state index is 11.9. The molecule has 0 fully saturated rings. The lowest BCUT2D eigenvalue weighted by atomic mass is 10.2. The van der Waals surface area contributed by atoms with Crippen LogP contribution in [0.25, 0.3) is 11.4 Å². The van der Waals surface area contributed by atoms with Gasteiger partial charge in [0.2, 0.25) is 17.6 Å². The van der Waals surface area contributed by atoms with Crippen LogP contribution < -0.4 is 10.6 Å². The summed E-state index contributed by atoms with van der Waals surface area (Å²) < 4.78 is 5.12. The van der Waals surface area contributed by atoms with Crippen LogP contribution in [-0.2, 0) is 11.3 Å². The molecule has 0 aliphatic heterocycles. The number of carbonyl (C=O) groups excluding carboxylic acids is 2. The molecular weight excluding hydrogens is 368 g/mol. The quantitative estimate of drug-likeness (QED) is 0.652. The molecule has 138 valence electrons. The topological polar surface area (TPSA) is 97.1 Å². The monoisotopic (exact) mass is 384 g/mol. The molecule has 0 aliphatic rings. The van der Waals surface area contributed by atoms with Crippen molar-refractivity contribution < 1.29 is 14.1 Å². The van der Waals surface area contributed by atoms with Gasteiger partial charge in [0.25, 0.3) is 5.91 Å². The number of nitrogens with one attached hydrogen (secondary N) is 2. The smallest absolute Gasteiger partial charge is 0.251 e. The van der Waals surface area contributed by atoms with E-state index in [1.165, 1.54) is 0 Å². The van der Waals surface area contributed by atoms with E-state index in [4.69, 9.17) is 16.1 Å². The number of nitrogens with zero attached hydrogens (tertiary/aromatic N) is 2. The van der Waals surface area contributed by atoms with Gasteiger partial charge in [-0.15, -0.1) is 0 Å². The van der Waals surface area contributed by atoms with Crippen LogP contribution in [0.2, 0.25) is 5.02 Å². The van der Waals surface area contributed by atoms with Gasteiger partial charge in [0.15, 0.2) is 0 Å². The van der Waals surface area contributed by atoms with Gasteiger partial charge in [-0.05, 0) is 36.4 Å². The first-order valence-corrected chi connectivity index (χ1v) is 8.68. The second-order valence-corrected chi connectivity index (χ2v) is 6.10. The molecule has 3 aromatic rings. The zero-order valence-corrected chi connectivity index (χ0v) is 15.1. The summed E-state index contributed by atoms with van der Waals surface area (Å²) in [5.74, 6) is 0.273. The summed E-state index contributed by atoms with van der Waals surface area (Å²) >= 11 is 5.85. The minimum atomic E-state index is -0.227. The zero-order chi connectivity index (χ0) is 19.1. The van der Waals surface area contributed by atoms with Crippen molar-refractivity contribution >= 4 is 23.4 Å². The van der Waals surface area contributed by atoms with Crippen LogP contribution in [0.3, 0.4) is 0 Å². The lowest BCUT2D eigenvalue weighted by molar-refractivity contribution is -0.121. The minimum Gasteiger partial charge on any atom is -0.352 e. The van der Waals surface area contributed by atoms with Crippen molar-refractivity contribution in [3.8, 4) is 11.4 Å². The molecule has 0 spiro atoms. The molecule has 1 aromatic heterocycles. The molecule has 0 atom stereocenters. The lowest BCUT2D eigenvalue weighted by Crippen LogP contribution is -2.30. The van der Waals surface area contributed by atoms with E-state index in [0.717, 1.165) is 5.56 Å². The van der Waals surface area contributed by atoms with Crippen molar-refractivity contribution in [1.82, 2.24) is 20.8 Å². The third-order valence-electron chi connectivity index (χ3n) is 3.68. The number of aromatic nitrogens is 2. The highest BCUT2D eigenvalue weighted by molar-refractivity contribution is 6.30. The first kappa shape index (κ1) is 18.6. The molecule has 0 radical (unpaired) electrons. The fourth-order valence-electron chi connectivity index (χ4n) is 2.29. The van der Waals surface area contributed by atoms with E-state index in [9.17, 15) is 9.59 Å². The fraction of sp³-hybridized carbons (Fsp3) is 0.158. The molecule has 0 saturated heterocycles. The predicted molar refractivity (Wildman–Crippen MR) is 100.0 cm³/mol. The standard InChI is InChI=1S/C19H17ClN4O3/c20-15-8-6-13(7-9-15)18-23-17(27-24-18)12-22-16(25)10-11-21-19(26)14-4-2-1-3-5-14/h1-9H,10-12H2,(H,21,26)(H,22,25). The summed E-state index contributed by atoms with van der Waals surface area (Å²) in [4.78, 5) is 28.0. The molecular formula is C19H17ClN4O3. The SMILES string of the molecule is O=C(CCNC(=O)c1ccccc1)NCc1nc(-c2ccc(Cl)cc2)no1. The van der Waals surface area contributed by atoms with Gasteiger partial charge in [-0.1, -0.05) is 35.0 Å². The molecule has 2 amide bonds. The molecule has 3 rings (SSSR count). The summed E-state index contributed by atoms with van der Waals surface area (Å²) in [6.07, 6.45) is 0.150. The number of amides is 2.